The lowest BCUT2D eigenvalue weighted by atomic mass is 10.1. The Balaban J connectivity index is 2.42. The smallest absolute Gasteiger partial charge is 0.134 e. The first kappa shape index (κ1) is 15.4. The molecule has 2 aromatic carbocycles. The topological polar surface area (TPSA) is 62.5 Å². The summed E-state index contributed by atoms with van der Waals surface area (Å²) in [7, 11) is 1.53. The zero-order valence-electron chi connectivity index (χ0n) is 11.6. The van der Waals surface area contributed by atoms with E-state index in [0.717, 1.165) is 4.47 Å². The molecule has 0 saturated carbocycles. The predicted octanol–water partition coefficient (Wildman–Crippen LogP) is 4.17. The van der Waals surface area contributed by atoms with Crippen LogP contribution >= 0.6 is 15.9 Å². The van der Waals surface area contributed by atoms with Crippen LogP contribution in [0.5, 0.6) is 17.2 Å². The fourth-order valence-electron chi connectivity index (χ4n) is 1.88. The number of methoxy groups -OCH3 is 1. The Kier molecular flexibility index (Phi) is 4.84. The molecule has 1 N–H and O–H groups in total. The largest absolute Gasteiger partial charge is 0.497 e. The maximum Gasteiger partial charge on any atom is 0.134 e. The van der Waals surface area contributed by atoms with Gasteiger partial charge in [-0.05, 0) is 31.2 Å². The van der Waals surface area contributed by atoms with Crippen molar-refractivity contribution in [1.82, 2.24) is 0 Å². The highest BCUT2D eigenvalue weighted by Crippen LogP contribution is 2.34. The van der Waals surface area contributed by atoms with Crippen molar-refractivity contribution in [3.8, 4) is 23.3 Å². The number of benzene rings is 2. The maximum absolute atomic E-state index is 9.80. The van der Waals surface area contributed by atoms with E-state index in [1.165, 1.54) is 7.11 Å². The van der Waals surface area contributed by atoms with Gasteiger partial charge in [0.15, 0.2) is 0 Å². The zero-order chi connectivity index (χ0) is 15.4. The number of nitrogens with zero attached hydrogens (tertiary/aromatic N) is 1. The molecule has 0 spiro atoms. The number of halogens is 1. The fourth-order valence-corrected chi connectivity index (χ4v) is 2.22. The number of nitriles is 1. The van der Waals surface area contributed by atoms with Gasteiger partial charge in [0.25, 0.3) is 0 Å². The van der Waals surface area contributed by atoms with Crippen molar-refractivity contribution < 1.29 is 14.6 Å². The zero-order valence-corrected chi connectivity index (χ0v) is 13.2. The summed E-state index contributed by atoms with van der Waals surface area (Å²) in [5.41, 5.74) is 1.11. The third-order valence-corrected chi connectivity index (χ3v) is 3.39. The molecule has 1 atom stereocenters. The van der Waals surface area contributed by atoms with Crippen molar-refractivity contribution >= 4 is 15.9 Å². The van der Waals surface area contributed by atoms with Crippen LogP contribution in [0, 0.1) is 11.3 Å². The lowest BCUT2D eigenvalue weighted by molar-refractivity contribution is 0.195. The number of ether oxygens (including phenoxy) is 2. The summed E-state index contributed by atoms with van der Waals surface area (Å²) < 4.78 is 11.8. The SMILES string of the molecule is COc1cc(C#N)cc(Oc2cc(Br)ccc2C(C)O)c1. The van der Waals surface area contributed by atoms with Crippen LogP contribution in [-0.4, -0.2) is 12.2 Å². The summed E-state index contributed by atoms with van der Waals surface area (Å²) in [6, 6.07) is 12.4. The van der Waals surface area contributed by atoms with Crippen LogP contribution in [0.15, 0.2) is 40.9 Å². The van der Waals surface area contributed by atoms with Crippen LogP contribution in [0.2, 0.25) is 0 Å². The number of aliphatic hydroxyl groups is 1. The molecular weight excluding hydrogens is 334 g/mol. The Hall–Kier alpha value is -2.03. The van der Waals surface area contributed by atoms with E-state index in [4.69, 9.17) is 14.7 Å². The van der Waals surface area contributed by atoms with Crippen molar-refractivity contribution in [2.45, 2.75) is 13.0 Å². The van der Waals surface area contributed by atoms with E-state index in [0.29, 0.717) is 28.4 Å². The van der Waals surface area contributed by atoms with E-state index >= 15 is 0 Å². The minimum atomic E-state index is -0.658. The van der Waals surface area contributed by atoms with Crippen LogP contribution in [0.4, 0.5) is 0 Å². The van der Waals surface area contributed by atoms with Crippen LogP contribution in [-0.2, 0) is 0 Å². The molecule has 0 saturated heterocycles. The quantitative estimate of drug-likeness (QED) is 0.901. The van der Waals surface area contributed by atoms with Crippen molar-refractivity contribution in [2.24, 2.45) is 0 Å². The average Bonchev–Trinajstić information content (AvgIpc) is 2.46. The van der Waals surface area contributed by atoms with E-state index < -0.39 is 6.10 Å². The summed E-state index contributed by atoms with van der Waals surface area (Å²) in [5, 5.41) is 18.8. The van der Waals surface area contributed by atoms with E-state index in [-0.39, 0.29) is 0 Å². The van der Waals surface area contributed by atoms with Gasteiger partial charge in [0.2, 0.25) is 0 Å². The van der Waals surface area contributed by atoms with Crippen LogP contribution in [0.1, 0.15) is 24.2 Å². The Morgan fingerprint density at radius 1 is 1.19 bits per heavy atom. The average molecular weight is 348 g/mol. The van der Waals surface area contributed by atoms with Gasteiger partial charge in [-0.1, -0.05) is 22.0 Å². The number of rotatable bonds is 4. The van der Waals surface area contributed by atoms with E-state index in [1.807, 2.05) is 6.07 Å². The van der Waals surface area contributed by atoms with Crippen LogP contribution in [0.25, 0.3) is 0 Å². The second-order valence-corrected chi connectivity index (χ2v) is 5.38. The Morgan fingerprint density at radius 2 is 1.90 bits per heavy atom. The minimum absolute atomic E-state index is 0.443. The van der Waals surface area contributed by atoms with Gasteiger partial charge >= 0.3 is 0 Å². The number of hydrogen-bond acceptors (Lipinski definition) is 4. The van der Waals surface area contributed by atoms with Gasteiger partial charge in [-0.25, -0.2) is 0 Å². The van der Waals surface area contributed by atoms with Gasteiger partial charge in [0, 0.05) is 16.1 Å². The Labute approximate surface area is 131 Å². The van der Waals surface area contributed by atoms with E-state index in [2.05, 4.69) is 22.0 Å². The minimum Gasteiger partial charge on any atom is -0.497 e. The van der Waals surface area contributed by atoms with Crippen molar-refractivity contribution in [2.75, 3.05) is 7.11 Å². The normalized spacial score (nSPS) is 11.6. The summed E-state index contributed by atoms with van der Waals surface area (Å²) in [6.07, 6.45) is -0.658. The van der Waals surface area contributed by atoms with Gasteiger partial charge in [0.1, 0.15) is 17.2 Å². The monoisotopic (exact) mass is 347 g/mol. The predicted molar refractivity (Wildman–Crippen MR) is 82.6 cm³/mol. The molecule has 0 fully saturated rings. The molecule has 1 unspecified atom stereocenters. The highest BCUT2D eigenvalue weighted by Gasteiger charge is 2.12. The van der Waals surface area contributed by atoms with Crippen molar-refractivity contribution in [3.63, 3.8) is 0 Å². The van der Waals surface area contributed by atoms with Gasteiger partial charge in [-0.15, -0.1) is 0 Å². The van der Waals surface area contributed by atoms with E-state index in [1.54, 1.807) is 37.3 Å². The van der Waals surface area contributed by atoms with Crippen LogP contribution < -0.4 is 9.47 Å². The standard InChI is InChI=1S/C16H14BrNO3/c1-10(19)15-4-3-12(17)7-16(15)21-14-6-11(9-18)5-13(8-14)20-2/h3-8,10,19H,1-2H3. The molecule has 4 nitrogen and oxygen atoms in total. The molecule has 0 radical (unpaired) electrons. The Morgan fingerprint density at radius 3 is 2.52 bits per heavy atom. The third-order valence-electron chi connectivity index (χ3n) is 2.90. The highest BCUT2D eigenvalue weighted by molar-refractivity contribution is 9.10. The molecule has 0 heterocycles. The molecule has 5 heteroatoms. The first-order valence-electron chi connectivity index (χ1n) is 6.28. The molecule has 2 aromatic rings. The first-order valence-corrected chi connectivity index (χ1v) is 7.07. The van der Waals surface area contributed by atoms with Crippen LogP contribution in [0.3, 0.4) is 0 Å². The molecule has 0 aliphatic heterocycles. The lowest BCUT2D eigenvalue weighted by Gasteiger charge is -2.14. The molecule has 0 aliphatic carbocycles. The molecular formula is C16H14BrNO3. The number of hydrogen-bond donors (Lipinski definition) is 1. The van der Waals surface area contributed by atoms with Gasteiger partial charge in [-0.2, -0.15) is 5.26 Å². The molecule has 2 rings (SSSR count). The summed E-state index contributed by atoms with van der Waals surface area (Å²) in [6.45, 7) is 1.67. The summed E-state index contributed by atoms with van der Waals surface area (Å²) in [4.78, 5) is 0. The van der Waals surface area contributed by atoms with Gasteiger partial charge < -0.3 is 14.6 Å². The first-order chi connectivity index (χ1) is 10.0. The molecule has 108 valence electrons. The third kappa shape index (κ3) is 3.75. The highest BCUT2D eigenvalue weighted by atomic mass is 79.9. The lowest BCUT2D eigenvalue weighted by Crippen LogP contribution is -1.97. The molecule has 21 heavy (non-hydrogen) atoms. The van der Waals surface area contributed by atoms with E-state index in [9.17, 15) is 5.11 Å². The molecule has 0 aliphatic rings. The maximum atomic E-state index is 9.80. The van der Waals surface area contributed by atoms with Gasteiger partial charge in [-0.3, -0.25) is 0 Å². The summed E-state index contributed by atoms with van der Waals surface area (Å²) >= 11 is 3.38. The molecule has 0 bridgehead atoms. The van der Waals surface area contributed by atoms with Crippen molar-refractivity contribution in [3.05, 3.63) is 52.0 Å². The molecule has 0 aromatic heterocycles. The molecule has 0 amide bonds. The number of aliphatic hydroxyl groups excluding tert-OH is 1. The second-order valence-electron chi connectivity index (χ2n) is 4.47. The Bertz CT molecular complexity index is 692. The second kappa shape index (κ2) is 6.61. The van der Waals surface area contributed by atoms with Gasteiger partial charge in [0.05, 0.1) is 24.8 Å². The summed E-state index contributed by atoms with van der Waals surface area (Å²) in [5.74, 6) is 1.54. The fraction of sp³-hybridized carbons (Fsp3) is 0.188. The van der Waals surface area contributed by atoms with Crippen molar-refractivity contribution in [1.29, 1.82) is 5.26 Å².